The Kier molecular flexibility index (Phi) is 27.8. The van der Waals surface area contributed by atoms with Crippen LogP contribution in [0, 0.1) is 6.58 Å². The molecule has 0 amide bonds. The Morgan fingerprint density at radius 2 is 1.15 bits per heavy atom. The van der Waals surface area contributed by atoms with E-state index in [1.807, 2.05) is 20.8 Å². The van der Waals surface area contributed by atoms with E-state index in [0.717, 1.165) is 0 Å². The van der Waals surface area contributed by atoms with Crippen molar-refractivity contribution in [2.75, 3.05) is 19.8 Å². The zero-order chi connectivity index (χ0) is 9.82. The molecule has 74 valence electrons. The number of rotatable bonds is 6. The third-order valence-corrected chi connectivity index (χ3v) is 2.72. The van der Waals surface area contributed by atoms with Gasteiger partial charge in [-0.1, -0.05) is 0 Å². The molecule has 0 fully saturated rings. The second-order valence-electron chi connectivity index (χ2n) is 1.65. The summed E-state index contributed by atoms with van der Waals surface area (Å²) in [4.78, 5) is 0. The van der Waals surface area contributed by atoms with Crippen molar-refractivity contribution >= 4 is 9.53 Å². The van der Waals surface area contributed by atoms with Crippen LogP contribution < -0.4 is 29.6 Å². The van der Waals surface area contributed by atoms with E-state index >= 15 is 0 Å². The van der Waals surface area contributed by atoms with Gasteiger partial charge >= 0.3 is 39.1 Å². The molecule has 0 unspecified atom stereocenters. The molecule has 0 heterocycles. The Balaban J connectivity index is -0.000000309. The summed E-state index contributed by atoms with van der Waals surface area (Å²) < 4.78 is 15.7. The fourth-order valence-corrected chi connectivity index (χ4v) is 1.66. The van der Waals surface area contributed by atoms with Crippen LogP contribution in [0.4, 0.5) is 0 Å². The van der Waals surface area contributed by atoms with E-state index in [9.17, 15) is 0 Å². The first-order valence-electron chi connectivity index (χ1n) is 4.10. The van der Waals surface area contributed by atoms with Gasteiger partial charge in [0.05, 0.1) is 0 Å². The van der Waals surface area contributed by atoms with Gasteiger partial charge in [0.25, 0.3) is 0 Å². The first-order valence-corrected chi connectivity index (χ1v) is 5.52. The molecule has 3 nitrogen and oxygen atoms in total. The van der Waals surface area contributed by atoms with E-state index in [2.05, 4.69) is 13.2 Å². The molecule has 13 heavy (non-hydrogen) atoms. The van der Waals surface area contributed by atoms with Crippen LogP contribution in [0.15, 0.2) is 6.58 Å². The molecular weight excluding hydrogens is 195 g/mol. The normalized spacial score (nSPS) is 8.62. The average molecular weight is 214 g/mol. The van der Waals surface area contributed by atoms with Crippen LogP contribution in [0.3, 0.4) is 0 Å². The van der Waals surface area contributed by atoms with Crippen molar-refractivity contribution in [1.82, 2.24) is 0 Å². The average Bonchev–Trinajstić information content (AvgIpc) is 2.10. The van der Waals surface area contributed by atoms with Crippen molar-refractivity contribution < 1.29 is 42.8 Å². The van der Waals surface area contributed by atoms with E-state index in [1.165, 1.54) is 0 Å². The quantitative estimate of drug-likeness (QED) is 0.395. The maximum Gasteiger partial charge on any atom is 1.00 e. The molecule has 0 spiro atoms. The Labute approximate surface area is 106 Å². The van der Waals surface area contributed by atoms with Crippen molar-refractivity contribution in [3.63, 3.8) is 0 Å². The minimum absolute atomic E-state index is 0. The molecular formula is C8H19NaO3Si. The molecule has 0 aliphatic heterocycles. The largest absolute Gasteiger partial charge is 1.00 e. The van der Waals surface area contributed by atoms with Crippen LogP contribution in [0.5, 0.6) is 0 Å². The summed E-state index contributed by atoms with van der Waals surface area (Å²) in [6.07, 6.45) is 0. The Bertz CT molecular complexity index is 71.5. The monoisotopic (exact) mass is 214 g/mol. The van der Waals surface area contributed by atoms with E-state index in [1.54, 1.807) is 0 Å². The first-order chi connectivity index (χ1) is 5.85. The molecule has 0 saturated carbocycles. The second kappa shape index (κ2) is 18.6. The third-order valence-electron chi connectivity index (χ3n) is 0.908. The zero-order valence-corrected chi connectivity index (χ0v) is 12.4. The molecule has 0 atom stereocenters. The summed E-state index contributed by atoms with van der Waals surface area (Å²) >= 11 is 0. The summed E-state index contributed by atoms with van der Waals surface area (Å²) in [6.45, 7) is 14.9. The molecule has 0 aromatic carbocycles. The molecule has 0 saturated heterocycles. The van der Waals surface area contributed by atoms with Gasteiger partial charge in [0.2, 0.25) is 0 Å². The van der Waals surface area contributed by atoms with Crippen molar-refractivity contribution in [2.45, 2.75) is 20.8 Å². The third kappa shape index (κ3) is 15.6. The fraction of sp³-hybridized carbons (Fsp3) is 0.750. The summed E-state index contributed by atoms with van der Waals surface area (Å²) in [7, 11) is -1.73. The van der Waals surface area contributed by atoms with Crippen LogP contribution >= 0.6 is 0 Å². The van der Waals surface area contributed by atoms with Gasteiger partial charge in [-0.25, -0.2) is 0 Å². The zero-order valence-electron chi connectivity index (χ0n) is 9.21. The minimum Gasteiger partial charge on any atom is -0.521 e. The molecule has 0 radical (unpaired) electrons. The van der Waals surface area contributed by atoms with E-state index < -0.39 is 9.53 Å². The molecule has 0 aliphatic rings. The van der Waals surface area contributed by atoms with Crippen LogP contribution in [0.2, 0.25) is 0 Å². The van der Waals surface area contributed by atoms with Gasteiger partial charge in [-0.2, -0.15) is 0 Å². The molecule has 0 aliphatic carbocycles. The maximum absolute atomic E-state index is 5.22. The Hall–Kier alpha value is 0.837. The Morgan fingerprint density at radius 3 is 1.31 bits per heavy atom. The molecule has 0 N–H and O–H groups in total. The predicted octanol–water partition coefficient (Wildman–Crippen LogP) is -1.58. The minimum atomic E-state index is -1.73. The van der Waals surface area contributed by atoms with Crippen LogP contribution in [0.25, 0.3) is 0 Å². The van der Waals surface area contributed by atoms with Gasteiger partial charge in [-0.3, -0.25) is 6.58 Å². The summed E-state index contributed by atoms with van der Waals surface area (Å²) in [5.74, 6) is 0. The van der Waals surface area contributed by atoms with Crippen molar-refractivity contribution in [3.8, 4) is 0 Å². The van der Waals surface area contributed by atoms with Gasteiger partial charge in [0, 0.05) is 19.8 Å². The molecule has 0 aromatic heterocycles. The van der Waals surface area contributed by atoms with Crippen molar-refractivity contribution in [1.29, 1.82) is 0 Å². The number of hydrogen-bond donors (Lipinski definition) is 0. The molecule has 0 bridgehead atoms. The summed E-state index contributed by atoms with van der Waals surface area (Å²) in [6, 6.07) is 0. The molecule has 0 aromatic rings. The van der Waals surface area contributed by atoms with Crippen LogP contribution in [0.1, 0.15) is 20.8 Å². The fourth-order valence-electron chi connectivity index (χ4n) is 0.553. The molecule has 0 rings (SSSR count). The first kappa shape index (κ1) is 19.4. The van der Waals surface area contributed by atoms with Gasteiger partial charge in [-0.15, -0.1) is 0 Å². The van der Waals surface area contributed by atoms with Crippen molar-refractivity contribution in [3.05, 3.63) is 13.2 Å². The summed E-state index contributed by atoms with van der Waals surface area (Å²) in [5, 5.41) is 0. The van der Waals surface area contributed by atoms with Crippen molar-refractivity contribution in [2.24, 2.45) is 0 Å². The van der Waals surface area contributed by atoms with E-state index in [0.29, 0.717) is 19.8 Å². The van der Waals surface area contributed by atoms with Gasteiger partial charge in [0.15, 0.2) is 0 Å². The van der Waals surface area contributed by atoms with E-state index in [4.69, 9.17) is 13.3 Å². The number of hydrogen-bond acceptors (Lipinski definition) is 3. The van der Waals surface area contributed by atoms with E-state index in [-0.39, 0.29) is 29.6 Å². The SMILES string of the molecule is CCO[SiH](OCC)OCC.[CH-]=C.[Na+]. The summed E-state index contributed by atoms with van der Waals surface area (Å²) in [5.41, 5.74) is 0. The molecule has 5 heteroatoms. The second-order valence-corrected chi connectivity index (χ2v) is 3.23. The van der Waals surface area contributed by atoms with Gasteiger partial charge in [-0.05, 0) is 20.8 Å². The van der Waals surface area contributed by atoms with Crippen LogP contribution in [-0.2, 0) is 13.3 Å². The van der Waals surface area contributed by atoms with Crippen LogP contribution in [-0.4, -0.2) is 29.3 Å². The predicted molar refractivity (Wildman–Crippen MR) is 52.0 cm³/mol. The Morgan fingerprint density at radius 1 is 0.923 bits per heavy atom. The van der Waals surface area contributed by atoms with Gasteiger partial charge in [0.1, 0.15) is 0 Å². The maximum atomic E-state index is 5.22. The smallest absolute Gasteiger partial charge is 0.521 e. The standard InChI is InChI=1S/C6H16O3Si.C2H3.Na/c1-4-7-10(8-5-2)9-6-3;1-2;/h10H,4-6H2,1-3H3;1H,2H2;/q;-1;+1. The van der Waals surface area contributed by atoms with Gasteiger partial charge < -0.3 is 19.9 Å². The topological polar surface area (TPSA) is 27.7 Å².